The highest BCUT2D eigenvalue weighted by atomic mass is 16.6. The Morgan fingerprint density at radius 2 is 1.79 bits per heavy atom. The summed E-state index contributed by atoms with van der Waals surface area (Å²) in [6.07, 6.45) is -0.0148. The minimum absolute atomic E-state index is 0.0148. The standard InChI is InChI=1S/C25H27NO7/c1-15(2)31-11-10-26-22(16-4-7-18(30-3)8-5-16)21(24(28)25(26)29)23(27)17-6-9-19-20(14-17)33-13-12-32-19/h4-9,14-15,22,27H,10-13H2,1-3H3/b23-21-. The van der Waals surface area contributed by atoms with Crippen LogP contribution in [0, 0.1) is 0 Å². The lowest BCUT2D eigenvalue weighted by molar-refractivity contribution is -0.140. The average Bonchev–Trinajstić information content (AvgIpc) is 3.08. The molecular formula is C25H27NO7. The first-order valence-electron chi connectivity index (χ1n) is 10.8. The maximum Gasteiger partial charge on any atom is 0.295 e. The highest BCUT2D eigenvalue weighted by Crippen LogP contribution is 2.41. The lowest BCUT2D eigenvalue weighted by Gasteiger charge is -2.26. The van der Waals surface area contributed by atoms with Gasteiger partial charge in [0.2, 0.25) is 0 Å². The van der Waals surface area contributed by atoms with E-state index in [9.17, 15) is 14.7 Å². The molecule has 0 bridgehead atoms. The van der Waals surface area contributed by atoms with Gasteiger partial charge >= 0.3 is 0 Å². The first-order valence-corrected chi connectivity index (χ1v) is 10.8. The Morgan fingerprint density at radius 1 is 1.09 bits per heavy atom. The third-order valence-corrected chi connectivity index (χ3v) is 5.57. The molecule has 0 aliphatic carbocycles. The molecule has 2 heterocycles. The van der Waals surface area contributed by atoms with Gasteiger partial charge in [0.25, 0.3) is 11.7 Å². The second kappa shape index (κ2) is 9.54. The van der Waals surface area contributed by atoms with Gasteiger partial charge < -0.3 is 29.0 Å². The Morgan fingerprint density at radius 3 is 2.45 bits per heavy atom. The van der Waals surface area contributed by atoms with Crippen LogP contribution in [0.25, 0.3) is 5.76 Å². The van der Waals surface area contributed by atoms with Crippen molar-refractivity contribution in [3.63, 3.8) is 0 Å². The molecule has 1 atom stereocenters. The zero-order valence-corrected chi connectivity index (χ0v) is 18.9. The molecule has 1 N–H and O–H groups in total. The Kier molecular flexibility index (Phi) is 6.55. The molecule has 0 spiro atoms. The third-order valence-electron chi connectivity index (χ3n) is 5.57. The lowest BCUT2D eigenvalue weighted by Crippen LogP contribution is -2.33. The number of ketones is 1. The van der Waals surface area contributed by atoms with Crippen LogP contribution < -0.4 is 14.2 Å². The second-order valence-corrected chi connectivity index (χ2v) is 8.04. The van der Waals surface area contributed by atoms with E-state index in [1.54, 1.807) is 49.6 Å². The predicted molar refractivity (Wildman–Crippen MR) is 121 cm³/mol. The molecule has 174 valence electrons. The maximum atomic E-state index is 13.1. The molecule has 33 heavy (non-hydrogen) atoms. The van der Waals surface area contributed by atoms with E-state index in [2.05, 4.69) is 0 Å². The van der Waals surface area contributed by atoms with E-state index in [4.69, 9.17) is 18.9 Å². The SMILES string of the molecule is COc1ccc(C2/C(=C(/O)c3ccc4c(c3)OCCO4)C(=O)C(=O)N2CCOC(C)C)cc1. The fourth-order valence-electron chi connectivity index (χ4n) is 3.98. The van der Waals surface area contributed by atoms with Crippen molar-refractivity contribution < 1.29 is 33.6 Å². The number of hydrogen-bond acceptors (Lipinski definition) is 7. The highest BCUT2D eigenvalue weighted by molar-refractivity contribution is 6.46. The molecule has 1 saturated heterocycles. The van der Waals surface area contributed by atoms with Crippen LogP contribution >= 0.6 is 0 Å². The summed E-state index contributed by atoms with van der Waals surface area (Å²) < 4.78 is 22.0. The smallest absolute Gasteiger partial charge is 0.295 e. The summed E-state index contributed by atoms with van der Waals surface area (Å²) in [6, 6.07) is 11.2. The molecule has 0 aromatic heterocycles. The highest BCUT2D eigenvalue weighted by Gasteiger charge is 2.46. The van der Waals surface area contributed by atoms with Gasteiger partial charge in [-0.15, -0.1) is 0 Å². The third kappa shape index (κ3) is 4.52. The molecule has 2 aliphatic heterocycles. The number of benzene rings is 2. The van der Waals surface area contributed by atoms with Gasteiger partial charge in [0, 0.05) is 12.1 Å². The Labute approximate surface area is 192 Å². The number of hydrogen-bond donors (Lipinski definition) is 1. The normalized spacial score (nSPS) is 19.3. The van der Waals surface area contributed by atoms with Crippen LogP contribution in [0.1, 0.15) is 31.0 Å². The van der Waals surface area contributed by atoms with Crippen LogP contribution in [0.15, 0.2) is 48.0 Å². The quantitative estimate of drug-likeness (QED) is 0.390. The van der Waals surface area contributed by atoms with Crippen molar-refractivity contribution in [2.45, 2.75) is 26.0 Å². The summed E-state index contributed by atoms with van der Waals surface area (Å²) in [6.45, 7) is 5.11. The number of ether oxygens (including phenoxy) is 4. The molecule has 8 nitrogen and oxygen atoms in total. The van der Waals surface area contributed by atoms with Crippen LogP contribution in [-0.4, -0.2) is 61.3 Å². The molecule has 1 fully saturated rings. The van der Waals surface area contributed by atoms with Crippen molar-refractivity contribution in [1.29, 1.82) is 0 Å². The first kappa shape index (κ1) is 22.7. The molecule has 2 aliphatic rings. The van der Waals surface area contributed by atoms with Crippen LogP contribution in [-0.2, 0) is 14.3 Å². The summed E-state index contributed by atoms with van der Waals surface area (Å²) in [7, 11) is 1.56. The number of carbonyl (C=O) groups excluding carboxylic acids is 2. The molecule has 2 aromatic rings. The van der Waals surface area contributed by atoms with Crippen LogP contribution in [0.2, 0.25) is 0 Å². The number of Topliss-reactive ketones (excluding diaryl/α,β-unsaturated/α-hetero) is 1. The van der Waals surface area contributed by atoms with Gasteiger partial charge in [-0.3, -0.25) is 9.59 Å². The zero-order valence-electron chi connectivity index (χ0n) is 18.9. The molecule has 0 radical (unpaired) electrons. The molecule has 1 amide bonds. The van der Waals surface area contributed by atoms with Crippen molar-refractivity contribution in [3.05, 3.63) is 59.2 Å². The molecule has 8 heteroatoms. The van der Waals surface area contributed by atoms with Gasteiger partial charge in [0.15, 0.2) is 11.5 Å². The summed E-state index contributed by atoms with van der Waals surface area (Å²) in [5.41, 5.74) is 1.07. The van der Waals surface area contributed by atoms with Gasteiger partial charge in [0.1, 0.15) is 24.7 Å². The van der Waals surface area contributed by atoms with Gasteiger partial charge in [0.05, 0.1) is 31.4 Å². The van der Waals surface area contributed by atoms with E-state index in [0.29, 0.717) is 41.6 Å². The van der Waals surface area contributed by atoms with E-state index in [-0.39, 0.29) is 30.6 Å². The number of fused-ring (bicyclic) bond motifs is 1. The molecule has 0 saturated carbocycles. The van der Waals surface area contributed by atoms with Crippen LogP contribution in [0.5, 0.6) is 17.2 Å². The zero-order chi connectivity index (χ0) is 23.5. The fraction of sp³-hybridized carbons (Fsp3) is 0.360. The molecule has 4 rings (SSSR count). The number of nitrogens with zero attached hydrogens (tertiary/aromatic N) is 1. The number of amides is 1. The van der Waals surface area contributed by atoms with E-state index in [0.717, 1.165) is 0 Å². The molecular weight excluding hydrogens is 426 g/mol. The number of carbonyl (C=O) groups is 2. The van der Waals surface area contributed by atoms with Crippen LogP contribution in [0.4, 0.5) is 0 Å². The second-order valence-electron chi connectivity index (χ2n) is 8.04. The predicted octanol–water partition coefficient (Wildman–Crippen LogP) is 3.31. The summed E-state index contributed by atoms with van der Waals surface area (Å²) in [5.74, 6) is 0.000712. The van der Waals surface area contributed by atoms with Crippen LogP contribution in [0.3, 0.4) is 0 Å². The van der Waals surface area contributed by atoms with E-state index in [1.807, 2.05) is 13.8 Å². The van der Waals surface area contributed by atoms with Crippen molar-refractivity contribution in [1.82, 2.24) is 4.90 Å². The van der Waals surface area contributed by atoms with Crippen molar-refractivity contribution in [3.8, 4) is 17.2 Å². The van der Waals surface area contributed by atoms with E-state index < -0.39 is 17.7 Å². The van der Waals surface area contributed by atoms with E-state index >= 15 is 0 Å². The van der Waals surface area contributed by atoms with Gasteiger partial charge in [-0.2, -0.15) is 0 Å². The fourth-order valence-corrected chi connectivity index (χ4v) is 3.98. The van der Waals surface area contributed by atoms with Gasteiger partial charge in [-0.25, -0.2) is 0 Å². The largest absolute Gasteiger partial charge is 0.507 e. The Balaban J connectivity index is 1.77. The van der Waals surface area contributed by atoms with Crippen molar-refractivity contribution >= 4 is 17.4 Å². The summed E-state index contributed by atoms with van der Waals surface area (Å²) in [4.78, 5) is 27.5. The number of aliphatic hydroxyl groups excluding tert-OH is 1. The van der Waals surface area contributed by atoms with Crippen molar-refractivity contribution in [2.75, 3.05) is 33.5 Å². The number of aliphatic hydroxyl groups is 1. The Bertz CT molecular complexity index is 1070. The number of rotatable bonds is 7. The lowest BCUT2D eigenvalue weighted by atomic mass is 9.95. The molecule has 2 aromatic carbocycles. The van der Waals surface area contributed by atoms with Gasteiger partial charge in [-0.05, 0) is 49.7 Å². The number of likely N-dealkylation sites (tertiary alicyclic amines) is 1. The average molecular weight is 453 g/mol. The minimum Gasteiger partial charge on any atom is -0.507 e. The van der Waals surface area contributed by atoms with E-state index in [1.165, 1.54) is 4.90 Å². The maximum absolute atomic E-state index is 13.1. The topological polar surface area (TPSA) is 94.5 Å². The number of methoxy groups -OCH3 is 1. The van der Waals surface area contributed by atoms with Gasteiger partial charge in [-0.1, -0.05) is 12.1 Å². The van der Waals surface area contributed by atoms with Crippen molar-refractivity contribution in [2.24, 2.45) is 0 Å². The molecule has 1 unspecified atom stereocenters. The minimum atomic E-state index is -0.764. The first-order chi connectivity index (χ1) is 15.9. The monoisotopic (exact) mass is 453 g/mol. The Hall–Kier alpha value is -3.52. The summed E-state index contributed by atoms with van der Waals surface area (Å²) in [5, 5.41) is 11.2. The summed E-state index contributed by atoms with van der Waals surface area (Å²) >= 11 is 0.